The van der Waals surface area contributed by atoms with Gasteiger partial charge in [-0.05, 0) is 36.8 Å². The van der Waals surface area contributed by atoms with Gasteiger partial charge in [0.2, 0.25) is 0 Å². The summed E-state index contributed by atoms with van der Waals surface area (Å²) in [5, 5.41) is 2.54. The molecule has 0 spiro atoms. The average molecular weight is 363 g/mol. The van der Waals surface area contributed by atoms with E-state index in [1.54, 1.807) is 18.3 Å². The standard InChI is InChI=1S/C17H15F2N3O4/c1-17(10-4-6-11(7-5-10)26-15(18)19)14(24)22(16(25)21-17)9-13(23)12-3-2-8-20-12/h2-8,15,20H,9H2,1H3,(H,21,25)/t17-/m1/s1. The number of amides is 3. The molecule has 1 atom stereocenters. The summed E-state index contributed by atoms with van der Waals surface area (Å²) >= 11 is 0. The Morgan fingerprint density at radius 3 is 2.50 bits per heavy atom. The molecule has 3 amide bonds. The van der Waals surface area contributed by atoms with E-state index < -0.39 is 36.4 Å². The number of aromatic amines is 1. The molecule has 2 aromatic rings. The van der Waals surface area contributed by atoms with Crippen LogP contribution in [0.15, 0.2) is 42.6 Å². The quantitative estimate of drug-likeness (QED) is 0.608. The summed E-state index contributed by atoms with van der Waals surface area (Å²) < 4.78 is 28.7. The number of rotatable bonds is 6. The first-order valence-corrected chi connectivity index (χ1v) is 7.67. The number of hydrogen-bond donors (Lipinski definition) is 2. The lowest BCUT2D eigenvalue weighted by Crippen LogP contribution is -2.41. The largest absolute Gasteiger partial charge is 0.435 e. The molecule has 1 aliphatic heterocycles. The smallest absolute Gasteiger partial charge is 0.387 e. The van der Waals surface area contributed by atoms with Crippen LogP contribution in [-0.2, 0) is 10.3 Å². The lowest BCUT2D eigenvalue weighted by molar-refractivity contribution is -0.130. The van der Waals surface area contributed by atoms with Gasteiger partial charge in [-0.25, -0.2) is 4.79 Å². The zero-order chi connectivity index (χ0) is 18.9. The number of H-pyrrole nitrogens is 1. The van der Waals surface area contributed by atoms with Crippen molar-refractivity contribution in [2.75, 3.05) is 6.54 Å². The number of aromatic nitrogens is 1. The molecule has 1 aliphatic rings. The summed E-state index contributed by atoms with van der Waals surface area (Å²) in [7, 11) is 0. The van der Waals surface area contributed by atoms with Crippen molar-refractivity contribution in [2.45, 2.75) is 19.1 Å². The van der Waals surface area contributed by atoms with E-state index in [2.05, 4.69) is 15.0 Å². The fourth-order valence-corrected chi connectivity index (χ4v) is 2.74. The van der Waals surface area contributed by atoms with Crippen LogP contribution in [0.25, 0.3) is 0 Å². The van der Waals surface area contributed by atoms with Crippen molar-refractivity contribution >= 4 is 17.7 Å². The number of ether oxygens (including phenoxy) is 1. The minimum Gasteiger partial charge on any atom is -0.435 e. The Morgan fingerprint density at radius 1 is 1.23 bits per heavy atom. The molecule has 0 saturated carbocycles. The minimum atomic E-state index is -2.96. The van der Waals surface area contributed by atoms with Crippen LogP contribution < -0.4 is 10.1 Å². The maximum Gasteiger partial charge on any atom is 0.387 e. The molecular formula is C17H15F2N3O4. The summed E-state index contributed by atoms with van der Waals surface area (Å²) in [4.78, 5) is 40.6. The van der Waals surface area contributed by atoms with Crippen LogP contribution in [0.1, 0.15) is 23.0 Å². The zero-order valence-corrected chi connectivity index (χ0v) is 13.7. The third kappa shape index (κ3) is 3.15. The van der Waals surface area contributed by atoms with Crippen molar-refractivity contribution in [1.29, 1.82) is 0 Å². The first-order valence-electron chi connectivity index (χ1n) is 7.67. The summed E-state index contributed by atoms with van der Waals surface area (Å²) in [6.45, 7) is -1.89. The van der Waals surface area contributed by atoms with Crippen LogP contribution in [0.5, 0.6) is 5.75 Å². The van der Waals surface area contributed by atoms with Crippen LogP contribution in [0.4, 0.5) is 13.6 Å². The molecule has 0 aliphatic carbocycles. The van der Waals surface area contributed by atoms with Gasteiger partial charge in [0.05, 0.1) is 12.2 Å². The first kappa shape index (κ1) is 17.6. The van der Waals surface area contributed by atoms with Gasteiger partial charge in [0.15, 0.2) is 5.78 Å². The minimum absolute atomic E-state index is 0.0668. The van der Waals surface area contributed by atoms with Crippen LogP contribution in [-0.4, -0.2) is 40.8 Å². The van der Waals surface area contributed by atoms with E-state index in [1.165, 1.54) is 31.2 Å². The van der Waals surface area contributed by atoms with Crippen molar-refractivity contribution < 1.29 is 27.9 Å². The lowest BCUT2D eigenvalue weighted by Gasteiger charge is -2.22. The van der Waals surface area contributed by atoms with E-state index in [4.69, 9.17) is 0 Å². The van der Waals surface area contributed by atoms with Gasteiger partial charge in [-0.1, -0.05) is 12.1 Å². The van der Waals surface area contributed by atoms with E-state index in [0.717, 1.165) is 4.90 Å². The summed E-state index contributed by atoms with van der Waals surface area (Å²) in [5.74, 6) is -1.09. The number of nitrogens with zero attached hydrogens (tertiary/aromatic N) is 1. The molecule has 2 heterocycles. The van der Waals surface area contributed by atoms with Crippen LogP contribution in [0.2, 0.25) is 0 Å². The number of benzene rings is 1. The average Bonchev–Trinajstić information content (AvgIpc) is 3.19. The maximum absolute atomic E-state index is 12.7. The molecule has 1 aromatic heterocycles. The molecule has 0 unspecified atom stereocenters. The summed E-state index contributed by atoms with van der Waals surface area (Å²) in [6.07, 6.45) is 1.56. The second-order valence-electron chi connectivity index (χ2n) is 5.86. The lowest BCUT2D eigenvalue weighted by atomic mass is 9.92. The molecule has 26 heavy (non-hydrogen) atoms. The van der Waals surface area contributed by atoms with Gasteiger partial charge >= 0.3 is 12.6 Å². The Morgan fingerprint density at radius 2 is 1.92 bits per heavy atom. The molecule has 2 N–H and O–H groups in total. The molecule has 1 aromatic carbocycles. The number of carbonyl (C=O) groups excluding carboxylic acids is 3. The zero-order valence-electron chi connectivity index (χ0n) is 13.7. The predicted octanol–water partition coefficient (Wildman–Crippen LogP) is 2.27. The summed E-state index contributed by atoms with van der Waals surface area (Å²) in [5.41, 5.74) is -0.740. The van der Waals surface area contributed by atoms with Crippen molar-refractivity contribution in [2.24, 2.45) is 0 Å². The molecule has 3 rings (SSSR count). The van der Waals surface area contributed by atoms with Crippen molar-refractivity contribution in [3.63, 3.8) is 0 Å². The van der Waals surface area contributed by atoms with E-state index in [0.29, 0.717) is 5.56 Å². The van der Waals surface area contributed by atoms with Crippen molar-refractivity contribution in [3.05, 3.63) is 53.9 Å². The number of alkyl halides is 2. The topological polar surface area (TPSA) is 91.5 Å². The molecule has 1 saturated heterocycles. The second-order valence-corrected chi connectivity index (χ2v) is 5.86. The molecule has 7 nitrogen and oxygen atoms in total. The van der Waals surface area contributed by atoms with Gasteiger partial charge in [0.1, 0.15) is 11.3 Å². The second kappa shape index (κ2) is 6.58. The molecule has 0 radical (unpaired) electrons. The molecule has 9 heteroatoms. The van der Waals surface area contributed by atoms with E-state index in [-0.39, 0.29) is 11.4 Å². The van der Waals surface area contributed by atoms with Crippen LogP contribution in [0.3, 0.4) is 0 Å². The fourth-order valence-electron chi connectivity index (χ4n) is 2.74. The highest BCUT2D eigenvalue weighted by Gasteiger charge is 2.49. The van der Waals surface area contributed by atoms with Crippen LogP contribution in [0, 0.1) is 0 Å². The number of hydrogen-bond acceptors (Lipinski definition) is 4. The number of nitrogens with one attached hydrogen (secondary N) is 2. The first-order chi connectivity index (χ1) is 12.3. The number of ketones is 1. The van der Waals surface area contributed by atoms with Gasteiger partial charge < -0.3 is 15.0 Å². The van der Waals surface area contributed by atoms with E-state index in [1.807, 2.05) is 0 Å². The van der Waals surface area contributed by atoms with Crippen molar-refractivity contribution in [1.82, 2.24) is 15.2 Å². The highest BCUT2D eigenvalue weighted by Crippen LogP contribution is 2.30. The number of halogens is 2. The van der Waals surface area contributed by atoms with Gasteiger partial charge in [-0.15, -0.1) is 0 Å². The molecular weight excluding hydrogens is 348 g/mol. The number of carbonyl (C=O) groups is 3. The SMILES string of the molecule is C[C@]1(c2ccc(OC(F)F)cc2)NC(=O)N(CC(=O)c2ccc[nH]2)C1=O. The number of imide groups is 1. The highest BCUT2D eigenvalue weighted by molar-refractivity contribution is 6.10. The normalized spacial score (nSPS) is 19.8. The van der Waals surface area contributed by atoms with Gasteiger partial charge in [0, 0.05) is 6.20 Å². The third-order valence-corrected chi connectivity index (χ3v) is 4.13. The van der Waals surface area contributed by atoms with Gasteiger partial charge in [-0.3, -0.25) is 14.5 Å². The molecule has 136 valence electrons. The van der Waals surface area contributed by atoms with E-state index >= 15 is 0 Å². The predicted molar refractivity (Wildman–Crippen MR) is 85.8 cm³/mol. The molecule has 1 fully saturated rings. The molecule has 0 bridgehead atoms. The number of urea groups is 1. The Kier molecular flexibility index (Phi) is 4.45. The Balaban J connectivity index is 1.79. The van der Waals surface area contributed by atoms with Crippen molar-refractivity contribution in [3.8, 4) is 5.75 Å². The van der Waals surface area contributed by atoms with Gasteiger partial charge in [0.25, 0.3) is 5.91 Å². The van der Waals surface area contributed by atoms with Gasteiger partial charge in [-0.2, -0.15) is 8.78 Å². The highest BCUT2D eigenvalue weighted by atomic mass is 19.3. The Labute approximate surface area is 146 Å². The maximum atomic E-state index is 12.7. The number of Topliss-reactive ketones (excluding diaryl/α,β-unsaturated/α-hetero) is 1. The third-order valence-electron chi connectivity index (χ3n) is 4.13. The Hall–Kier alpha value is -3.23. The van der Waals surface area contributed by atoms with E-state index in [9.17, 15) is 23.2 Å². The van der Waals surface area contributed by atoms with Crippen LogP contribution >= 0.6 is 0 Å². The summed E-state index contributed by atoms with van der Waals surface area (Å²) in [6, 6.07) is 7.84. The fraction of sp³-hybridized carbons (Fsp3) is 0.235. The monoisotopic (exact) mass is 363 g/mol. The Bertz CT molecular complexity index is 836.